The molecule has 136 valence electrons. The Morgan fingerprint density at radius 2 is 1.32 bits per heavy atom. The summed E-state index contributed by atoms with van der Waals surface area (Å²) >= 11 is 0. The Hall–Kier alpha value is -2.50. The lowest BCUT2D eigenvalue weighted by molar-refractivity contribution is 0.0482. The van der Waals surface area contributed by atoms with E-state index in [0.717, 1.165) is 12.8 Å². The second-order valence-electron chi connectivity index (χ2n) is 5.85. The van der Waals surface area contributed by atoms with E-state index in [2.05, 4.69) is 0 Å². The Balaban J connectivity index is 2.35. The molecule has 6 heteroatoms. The maximum absolute atomic E-state index is 11.8. The highest BCUT2D eigenvalue weighted by Crippen LogP contribution is 2.38. The molecule has 2 aromatic rings. The second kappa shape index (κ2) is 8.05. The molecule has 6 nitrogen and oxygen atoms in total. The van der Waals surface area contributed by atoms with Gasteiger partial charge in [0.2, 0.25) is 11.5 Å². The van der Waals surface area contributed by atoms with Crippen LogP contribution >= 0.6 is 0 Å². The summed E-state index contributed by atoms with van der Waals surface area (Å²) in [6.45, 7) is 8.04. The SMILES string of the molecule is CCCC(C)(c1ccc(C(=O)OCC)o1)c1ccc(C(=O)OCC)o1. The Morgan fingerprint density at radius 3 is 1.68 bits per heavy atom. The van der Waals surface area contributed by atoms with Gasteiger partial charge in [0.15, 0.2) is 0 Å². The summed E-state index contributed by atoms with van der Waals surface area (Å²) in [5.41, 5.74) is -0.607. The van der Waals surface area contributed by atoms with Crippen LogP contribution < -0.4 is 0 Å². The molecule has 0 aliphatic carbocycles. The lowest BCUT2D eigenvalue weighted by Crippen LogP contribution is -2.22. The number of furan rings is 2. The summed E-state index contributed by atoms with van der Waals surface area (Å²) in [5.74, 6) is 0.468. The van der Waals surface area contributed by atoms with Crippen molar-refractivity contribution >= 4 is 11.9 Å². The molecule has 0 unspecified atom stereocenters. The number of esters is 2. The van der Waals surface area contributed by atoms with E-state index in [9.17, 15) is 9.59 Å². The number of hydrogen-bond acceptors (Lipinski definition) is 6. The van der Waals surface area contributed by atoms with E-state index < -0.39 is 17.4 Å². The predicted octanol–water partition coefficient (Wildman–Crippen LogP) is 4.33. The van der Waals surface area contributed by atoms with Crippen LogP contribution in [0.5, 0.6) is 0 Å². The highest BCUT2D eigenvalue weighted by molar-refractivity contribution is 5.87. The number of ether oxygens (including phenoxy) is 2. The summed E-state index contributed by atoms with van der Waals surface area (Å²) in [7, 11) is 0. The van der Waals surface area contributed by atoms with Crippen LogP contribution in [0.15, 0.2) is 33.1 Å². The van der Waals surface area contributed by atoms with E-state index >= 15 is 0 Å². The van der Waals surface area contributed by atoms with Crippen molar-refractivity contribution in [3.8, 4) is 0 Å². The van der Waals surface area contributed by atoms with E-state index in [1.165, 1.54) is 0 Å². The maximum Gasteiger partial charge on any atom is 0.374 e. The largest absolute Gasteiger partial charge is 0.460 e. The molecule has 2 rings (SSSR count). The minimum Gasteiger partial charge on any atom is -0.460 e. The zero-order chi connectivity index (χ0) is 18.4. The van der Waals surface area contributed by atoms with Gasteiger partial charge in [-0.05, 0) is 51.5 Å². The molecule has 0 saturated heterocycles. The van der Waals surface area contributed by atoms with Crippen LogP contribution in [0.4, 0.5) is 0 Å². The average molecular weight is 348 g/mol. The summed E-state index contributed by atoms with van der Waals surface area (Å²) in [5, 5.41) is 0. The quantitative estimate of drug-likeness (QED) is 0.661. The van der Waals surface area contributed by atoms with Crippen molar-refractivity contribution < 1.29 is 27.9 Å². The summed E-state index contributed by atoms with van der Waals surface area (Å²) < 4.78 is 21.4. The first-order valence-corrected chi connectivity index (χ1v) is 8.51. The van der Waals surface area contributed by atoms with E-state index in [1.54, 1.807) is 38.1 Å². The molecule has 0 N–H and O–H groups in total. The van der Waals surface area contributed by atoms with E-state index in [0.29, 0.717) is 11.5 Å². The molecule has 0 spiro atoms. The van der Waals surface area contributed by atoms with Gasteiger partial charge in [-0.15, -0.1) is 0 Å². The zero-order valence-corrected chi connectivity index (χ0v) is 15.1. The van der Waals surface area contributed by atoms with Gasteiger partial charge in [-0.25, -0.2) is 9.59 Å². The first kappa shape index (κ1) is 18.8. The Kier molecular flexibility index (Phi) is 6.07. The van der Waals surface area contributed by atoms with E-state index in [-0.39, 0.29) is 24.7 Å². The molecule has 2 heterocycles. The Labute approximate surface area is 147 Å². The molecular weight excluding hydrogens is 324 g/mol. The first-order valence-electron chi connectivity index (χ1n) is 8.51. The first-order chi connectivity index (χ1) is 12.0. The van der Waals surface area contributed by atoms with Gasteiger partial charge in [0.25, 0.3) is 0 Å². The minimum atomic E-state index is -0.607. The average Bonchev–Trinajstić information content (AvgIpc) is 3.26. The molecule has 0 bridgehead atoms. The maximum atomic E-state index is 11.8. The van der Waals surface area contributed by atoms with Gasteiger partial charge in [0.05, 0.1) is 18.6 Å². The Bertz CT molecular complexity index is 668. The summed E-state index contributed by atoms with van der Waals surface area (Å²) in [6, 6.07) is 6.68. The van der Waals surface area contributed by atoms with Crippen LogP contribution in [0.25, 0.3) is 0 Å². The van der Waals surface area contributed by atoms with Gasteiger partial charge in [0, 0.05) is 0 Å². The monoisotopic (exact) mass is 348 g/mol. The molecule has 0 aliphatic rings. The predicted molar refractivity (Wildman–Crippen MR) is 90.7 cm³/mol. The lowest BCUT2D eigenvalue weighted by atomic mass is 9.81. The van der Waals surface area contributed by atoms with Crippen molar-refractivity contribution in [3.63, 3.8) is 0 Å². The van der Waals surface area contributed by atoms with Gasteiger partial charge in [-0.2, -0.15) is 0 Å². The topological polar surface area (TPSA) is 78.9 Å². The third-order valence-corrected chi connectivity index (χ3v) is 4.00. The van der Waals surface area contributed by atoms with Crippen LogP contribution in [0.1, 0.15) is 73.2 Å². The number of rotatable bonds is 8. The highest BCUT2D eigenvalue weighted by Gasteiger charge is 2.36. The minimum absolute atomic E-state index is 0.149. The van der Waals surface area contributed by atoms with Gasteiger partial charge in [0.1, 0.15) is 11.5 Å². The van der Waals surface area contributed by atoms with Crippen LogP contribution in [-0.2, 0) is 14.9 Å². The Morgan fingerprint density at radius 1 is 0.880 bits per heavy atom. The fourth-order valence-electron chi connectivity index (χ4n) is 2.76. The molecule has 25 heavy (non-hydrogen) atoms. The zero-order valence-electron chi connectivity index (χ0n) is 15.1. The van der Waals surface area contributed by atoms with Crippen molar-refractivity contribution in [2.75, 3.05) is 13.2 Å². The molecule has 0 saturated carbocycles. The smallest absolute Gasteiger partial charge is 0.374 e. The highest BCUT2D eigenvalue weighted by atomic mass is 16.5. The fourth-order valence-corrected chi connectivity index (χ4v) is 2.76. The molecular formula is C19H24O6. The van der Waals surface area contributed by atoms with Crippen LogP contribution in [0, 0.1) is 0 Å². The third-order valence-electron chi connectivity index (χ3n) is 4.00. The molecule has 0 fully saturated rings. The number of carbonyl (C=O) groups is 2. The molecule has 2 aromatic heterocycles. The summed E-state index contributed by atoms with van der Waals surface area (Å²) in [6.07, 6.45) is 1.58. The second-order valence-corrected chi connectivity index (χ2v) is 5.85. The van der Waals surface area contributed by atoms with Gasteiger partial charge < -0.3 is 18.3 Å². The fraction of sp³-hybridized carbons (Fsp3) is 0.474. The molecule has 0 aromatic carbocycles. The van der Waals surface area contributed by atoms with E-state index in [4.69, 9.17) is 18.3 Å². The molecule has 0 amide bonds. The molecule has 0 radical (unpaired) electrons. The summed E-state index contributed by atoms with van der Waals surface area (Å²) in [4.78, 5) is 23.7. The van der Waals surface area contributed by atoms with Gasteiger partial charge in [-0.3, -0.25) is 0 Å². The standard InChI is InChI=1S/C19H24O6/c1-5-12-19(4,15-10-8-13(24-15)17(20)22-6-2)16-11-9-14(25-16)18(21)23-7-3/h8-11H,5-7,12H2,1-4H3. The third kappa shape index (κ3) is 3.95. The van der Waals surface area contributed by atoms with Crippen molar-refractivity contribution in [1.82, 2.24) is 0 Å². The van der Waals surface area contributed by atoms with Gasteiger partial charge in [-0.1, -0.05) is 13.3 Å². The van der Waals surface area contributed by atoms with Crippen molar-refractivity contribution in [3.05, 3.63) is 47.3 Å². The lowest BCUT2D eigenvalue weighted by Gasteiger charge is -2.24. The van der Waals surface area contributed by atoms with Crippen LogP contribution in [0.2, 0.25) is 0 Å². The van der Waals surface area contributed by atoms with Gasteiger partial charge >= 0.3 is 11.9 Å². The number of carbonyl (C=O) groups excluding carboxylic acids is 2. The molecule has 0 aliphatic heterocycles. The van der Waals surface area contributed by atoms with Crippen molar-refractivity contribution in [2.45, 2.75) is 46.0 Å². The number of hydrogen-bond donors (Lipinski definition) is 0. The van der Waals surface area contributed by atoms with Crippen molar-refractivity contribution in [1.29, 1.82) is 0 Å². The van der Waals surface area contributed by atoms with Crippen molar-refractivity contribution in [2.24, 2.45) is 0 Å². The normalized spacial score (nSPS) is 11.4. The van der Waals surface area contributed by atoms with Crippen LogP contribution in [-0.4, -0.2) is 25.2 Å². The molecule has 0 atom stereocenters. The van der Waals surface area contributed by atoms with Crippen LogP contribution in [0.3, 0.4) is 0 Å². The van der Waals surface area contributed by atoms with E-state index in [1.807, 2.05) is 13.8 Å².